The average Bonchev–Trinajstić information content (AvgIpc) is 2.60. The van der Waals surface area contributed by atoms with Gasteiger partial charge in [0.1, 0.15) is 6.61 Å². The molecule has 6 nitrogen and oxygen atoms in total. The molecule has 2 rings (SSSR count). The molecule has 1 heterocycles. The third-order valence-corrected chi connectivity index (χ3v) is 3.19. The number of likely N-dealkylation sites (N-methyl/N-ethyl adjacent to an activating group) is 1. The molecule has 23 heavy (non-hydrogen) atoms. The highest BCUT2D eigenvalue weighted by Gasteiger charge is 2.08. The third-order valence-electron chi connectivity index (χ3n) is 3.19. The highest BCUT2D eigenvalue weighted by Crippen LogP contribution is 2.13. The summed E-state index contributed by atoms with van der Waals surface area (Å²) in [6, 6.07) is 13.2. The molecule has 0 aliphatic heterocycles. The van der Waals surface area contributed by atoms with Crippen molar-refractivity contribution in [2.75, 3.05) is 32.6 Å². The summed E-state index contributed by atoms with van der Waals surface area (Å²) in [4.78, 5) is 17.6. The van der Waals surface area contributed by atoms with Crippen LogP contribution in [0.25, 0.3) is 0 Å². The van der Waals surface area contributed by atoms with E-state index in [4.69, 9.17) is 9.47 Å². The molecule has 0 radical (unpaired) electrons. The van der Waals surface area contributed by atoms with Crippen molar-refractivity contribution in [3.63, 3.8) is 0 Å². The van der Waals surface area contributed by atoms with Crippen LogP contribution in [0.15, 0.2) is 48.7 Å². The molecule has 0 aliphatic rings. The van der Waals surface area contributed by atoms with Gasteiger partial charge in [-0.2, -0.15) is 0 Å². The summed E-state index contributed by atoms with van der Waals surface area (Å²) in [5.41, 5.74) is 1.69. The summed E-state index contributed by atoms with van der Waals surface area (Å²) in [5.74, 6) is 0.514. The van der Waals surface area contributed by atoms with E-state index in [2.05, 4.69) is 10.3 Å². The predicted octanol–water partition coefficient (Wildman–Crippen LogP) is 2.77. The SMILES string of the molecule is COCCN(C)C(=O)Nc1ccc(OCc2ccccc2)nc1. The maximum absolute atomic E-state index is 11.9. The van der Waals surface area contributed by atoms with Crippen molar-refractivity contribution in [3.05, 3.63) is 54.2 Å². The number of nitrogens with zero attached hydrogens (tertiary/aromatic N) is 2. The summed E-state index contributed by atoms with van der Waals surface area (Å²) in [6.45, 7) is 1.47. The van der Waals surface area contributed by atoms with Crippen molar-refractivity contribution in [2.45, 2.75) is 6.61 Å². The number of rotatable bonds is 7. The highest BCUT2D eigenvalue weighted by molar-refractivity contribution is 5.88. The molecule has 1 aromatic heterocycles. The van der Waals surface area contributed by atoms with Gasteiger partial charge >= 0.3 is 6.03 Å². The normalized spacial score (nSPS) is 10.2. The van der Waals surface area contributed by atoms with Crippen LogP contribution < -0.4 is 10.1 Å². The number of nitrogens with one attached hydrogen (secondary N) is 1. The number of methoxy groups -OCH3 is 1. The molecular weight excluding hydrogens is 294 g/mol. The first-order valence-electron chi connectivity index (χ1n) is 7.33. The first-order valence-corrected chi connectivity index (χ1v) is 7.33. The van der Waals surface area contributed by atoms with Gasteiger partial charge in [-0.1, -0.05) is 30.3 Å². The Labute approximate surface area is 136 Å². The van der Waals surface area contributed by atoms with E-state index in [-0.39, 0.29) is 6.03 Å². The van der Waals surface area contributed by atoms with Crippen molar-refractivity contribution in [1.29, 1.82) is 0 Å². The molecule has 0 spiro atoms. The van der Waals surface area contributed by atoms with Gasteiger partial charge in [0.05, 0.1) is 18.5 Å². The fourth-order valence-electron chi connectivity index (χ4n) is 1.82. The maximum Gasteiger partial charge on any atom is 0.321 e. The molecule has 0 bridgehead atoms. The van der Waals surface area contributed by atoms with Crippen molar-refractivity contribution >= 4 is 11.7 Å². The standard InChI is InChI=1S/C17H21N3O3/c1-20(10-11-22-2)17(21)19-15-8-9-16(18-12-15)23-13-14-6-4-3-5-7-14/h3-9,12H,10-11,13H2,1-2H3,(H,19,21). The van der Waals surface area contributed by atoms with Crippen LogP contribution in [0.1, 0.15) is 5.56 Å². The van der Waals surface area contributed by atoms with Gasteiger partial charge in [-0.05, 0) is 11.6 Å². The number of hydrogen-bond acceptors (Lipinski definition) is 4. The molecule has 0 saturated heterocycles. The second kappa shape index (κ2) is 8.75. The number of aromatic nitrogens is 1. The summed E-state index contributed by atoms with van der Waals surface area (Å²) >= 11 is 0. The monoisotopic (exact) mass is 315 g/mol. The van der Waals surface area contributed by atoms with Crippen molar-refractivity contribution < 1.29 is 14.3 Å². The number of hydrogen-bond donors (Lipinski definition) is 1. The molecule has 2 aromatic rings. The fraction of sp³-hybridized carbons (Fsp3) is 0.294. The Morgan fingerprint density at radius 2 is 2.00 bits per heavy atom. The summed E-state index contributed by atoms with van der Waals surface area (Å²) in [7, 11) is 3.31. The molecule has 0 fully saturated rings. The van der Waals surface area contributed by atoms with Crippen LogP contribution in [0.5, 0.6) is 5.88 Å². The minimum absolute atomic E-state index is 0.207. The lowest BCUT2D eigenvalue weighted by molar-refractivity contribution is 0.165. The van der Waals surface area contributed by atoms with E-state index in [1.807, 2.05) is 30.3 Å². The number of anilines is 1. The summed E-state index contributed by atoms with van der Waals surface area (Å²) in [5, 5.41) is 2.76. The topological polar surface area (TPSA) is 63.7 Å². The smallest absolute Gasteiger partial charge is 0.321 e. The number of ether oxygens (including phenoxy) is 2. The lowest BCUT2D eigenvalue weighted by Crippen LogP contribution is -2.33. The Balaban J connectivity index is 1.83. The molecule has 2 amide bonds. The van der Waals surface area contributed by atoms with E-state index >= 15 is 0 Å². The Morgan fingerprint density at radius 1 is 1.22 bits per heavy atom. The number of urea groups is 1. The third kappa shape index (κ3) is 5.60. The van der Waals surface area contributed by atoms with Gasteiger partial charge in [0.25, 0.3) is 0 Å². The minimum Gasteiger partial charge on any atom is -0.473 e. The number of benzene rings is 1. The molecule has 0 saturated carbocycles. The second-order valence-electron chi connectivity index (χ2n) is 5.00. The van der Waals surface area contributed by atoms with Gasteiger partial charge in [-0.15, -0.1) is 0 Å². The maximum atomic E-state index is 11.9. The molecular formula is C17H21N3O3. The molecule has 1 N–H and O–H groups in total. The lowest BCUT2D eigenvalue weighted by Gasteiger charge is -2.17. The largest absolute Gasteiger partial charge is 0.473 e. The predicted molar refractivity (Wildman–Crippen MR) is 88.5 cm³/mol. The van der Waals surface area contributed by atoms with Crippen molar-refractivity contribution in [1.82, 2.24) is 9.88 Å². The molecule has 0 atom stereocenters. The van der Waals surface area contributed by atoms with Crippen LogP contribution in [0.2, 0.25) is 0 Å². The van der Waals surface area contributed by atoms with Crippen molar-refractivity contribution in [3.8, 4) is 5.88 Å². The Morgan fingerprint density at radius 3 is 2.65 bits per heavy atom. The molecule has 1 aromatic carbocycles. The Hall–Kier alpha value is -2.60. The Kier molecular flexibility index (Phi) is 6.38. The number of carbonyl (C=O) groups excluding carboxylic acids is 1. The average molecular weight is 315 g/mol. The quantitative estimate of drug-likeness (QED) is 0.853. The van der Waals surface area contributed by atoms with E-state index in [0.717, 1.165) is 5.56 Å². The summed E-state index contributed by atoms with van der Waals surface area (Å²) < 4.78 is 10.5. The van der Waals surface area contributed by atoms with Crippen LogP contribution in [-0.4, -0.2) is 43.2 Å². The van der Waals surface area contributed by atoms with Crippen LogP contribution in [0.4, 0.5) is 10.5 Å². The zero-order valence-electron chi connectivity index (χ0n) is 13.4. The molecule has 122 valence electrons. The van der Waals surface area contributed by atoms with Crippen molar-refractivity contribution in [2.24, 2.45) is 0 Å². The van der Waals surface area contributed by atoms with E-state index in [0.29, 0.717) is 31.3 Å². The molecule has 0 aliphatic carbocycles. The van der Waals surface area contributed by atoms with Gasteiger partial charge in [0.2, 0.25) is 5.88 Å². The van der Waals surface area contributed by atoms with Gasteiger partial charge in [0.15, 0.2) is 0 Å². The number of pyridine rings is 1. The first-order chi connectivity index (χ1) is 11.2. The number of amides is 2. The zero-order chi connectivity index (χ0) is 16.5. The Bertz CT molecular complexity index is 602. The van der Waals surface area contributed by atoms with Crippen LogP contribution in [0, 0.1) is 0 Å². The van der Waals surface area contributed by atoms with E-state index in [9.17, 15) is 4.79 Å². The van der Waals surface area contributed by atoms with Gasteiger partial charge < -0.3 is 19.7 Å². The second-order valence-corrected chi connectivity index (χ2v) is 5.00. The van der Waals surface area contributed by atoms with E-state index in [1.165, 1.54) is 0 Å². The van der Waals surface area contributed by atoms with Gasteiger partial charge in [-0.25, -0.2) is 9.78 Å². The molecule has 6 heteroatoms. The van der Waals surface area contributed by atoms with E-state index < -0.39 is 0 Å². The van der Waals surface area contributed by atoms with Gasteiger partial charge in [0, 0.05) is 26.8 Å². The molecule has 0 unspecified atom stereocenters. The van der Waals surface area contributed by atoms with E-state index in [1.54, 1.807) is 37.4 Å². The first kappa shape index (κ1) is 16.8. The minimum atomic E-state index is -0.207. The lowest BCUT2D eigenvalue weighted by atomic mass is 10.2. The van der Waals surface area contributed by atoms with Crippen LogP contribution in [0.3, 0.4) is 0 Å². The number of carbonyl (C=O) groups is 1. The van der Waals surface area contributed by atoms with Crippen LogP contribution >= 0.6 is 0 Å². The fourth-order valence-corrected chi connectivity index (χ4v) is 1.82. The van der Waals surface area contributed by atoms with Crippen LogP contribution in [-0.2, 0) is 11.3 Å². The highest BCUT2D eigenvalue weighted by atomic mass is 16.5. The summed E-state index contributed by atoms with van der Waals surface area (Å²) in [6.07, 6.45) is 1.57. The van der Waals surface area contributed by atoms with Gasteiger partial charge in [-0.3, -0.25) is 0 Å². The zero-order valence-corrected chi connectivity index (χ0v) is 13.4.